The summed E-state index contributed by atoms with van der Waals surface area (Å²) in [5, 5.41) is 2.58. The number of carbonyl (C=O) groups is 2. The lowest BCUT2D eigenvalue weighted by molar-refractivity contribution is 0.0997. The number of amides is 2. The Kier molecular flexibility index (Phi) is 5.68. The molecule has 1 aromatic heterocycles. The molecule has 138 valence electrons. The van der Waals surface area contributed by atoms with Crippen LogP contribution in [0.25, 0.3) is 0 Å². The second-order valence-corrected chi connectivity index (χ2v) is 6.15. The molecule has 0 bridgehead atoms. The second-order valence-electron chi connectivity index (χ2n) is 5.74. The first-order valence-electron chi connectivity index (χ1n) is 8.06. The number of hydrogen-bond donors (Lipinski definition) is 2. The zero-order chi connectivity index (χ0) is 20.1. The van der Waals surface area contributed by atoms with E-state index < -0.39 is 17.6 Å². The smallest absolute Gasteiger partial charge is 0.255 e. The largest absolute Gasteiger partial charge is 0.366 e. The molecule has 0 unspecified atom stereocenters. The highest BCUT2D eigenvalue weighted by Gasteiger charge is 2.09. The van der Waals surface area contributed by atoms with E-state index in [0.717, 1.165) is 6.07 Å². The SMILES string of the molecule is NC(=O)c1cncc(C#Cc2cccc(NC(=O)c3ccc(F)c(Cl)c3)c2)c1. The fourth-order valence-electron chi connectivity index (χ4n) is 2.30. The maximum Gasteiger partial charge on any atom is 0.255 e. The third-order valence-electron chi connectivity index (χ3n) is 3.68. The van der Waals surface area contributed by atoms with E-state index in [2.05, 4.69) is 22.1 Å². The van der Waals surface area contributed by atoms with E-state index in [0.29, 0.717) is 16.8 Å². The number of carbonyl (C=O) groups excluding carboxylic acids is 2. The van der Waals surface area contributed by atoms with Gasteiger partial charge in [-0.05, 0) is 42.5 Å². The highest BCUT2D eigenvalue weighted by atomic mass is 35.5. The maximum absolute atomic E-state index is 13.2. The number of nitrogens with one attached hydrogen (secondary N) is 1. The van der Waals surface area contributed by atoms with Gasteiger partial charge in [-0.3, -0.25) is 14.6 Å². The van der Waals surface area contributed by atoms with Crippen LogP contribution in [0.5, 0.6) is 0 Å². The number of halogens is 2. The minimum absolute atomic E-state index is 0.126. The summed E-state index contributed by atoms with van der Waals surface area (Å²) >= 11 is 5.71. The van der Waals surface area contributed by atoms with E-state index in [4.69, 9.17) is 17.3 Å². The van der Waals surface area contributed by atoms with Gasteiger partial charge in [0.05, 0.1) is 10.6 Å². The van der Waals surface area contributed by atoms with Crippen LogP contribution in [0.4, 0.5) is 10.1 Å². The molecular weight excluding hydrogens is 381 g/mol. The second kappa shape index (κ2) is 8.33. The molecule has 3 aromatic rings. The average molecular weight is 394 g/mol. The van der Waals surface area contributed by atoms with Crippen molar-refractivity contribution in [2.75, 3.05) is 5.32 Å². The monoisotopic (exact) mass is 393 g/mol. The van der Waals surface area contributed by atoms with Crippen molar-refractivity contribution in [1.29, 1.82) is 0 Å². The lowest BCUT2D eigenvalue weighted by Gasteiger charge is -2.06. The van der Waals surface area contributed by atoms with Crippen molar-refractivity contribution in [2.24, 2.45) is 5.73 Å². The molecule has 2 aromatic carbocycles. The summed E-state index contributed by atoms with van der Waals surface area (Å²) in [7, 11) is 0. The third-order valence-corrected chi connectivity index (χ3v) is 3.97. The minimum atomic E-state index is -0.592. The van der Waals surface area contributed by atoms with Crippen LogP contribution < -0.4 is 11.1 Å². The van der Waals surface area contributed by atoms with E-state index in [1.165, 1.54) is 24.5 Å². The summed E-state index contributed by atoms with van der Waals surface area (Å²) in [6.07, 6.45) is 2.88. The Morgan fingerprint density at radius 2 is 1.79 bits per heavy atom. The molecule has 0 atom stereocenters. The third kappa shape index (κ3) is 4.72. The Labute approximate surface area is 165 Å². The lowest BCUT2D eigenvalue weighted by atomic mass is 10.1. The number of primary amides is 1. The summed E-state index contributed by atoms with van der Waals surface area (Å²) in [5.74, 6) is 4.22. The van der Waals surface area contributed by atoms with Gasteiger partial charge in [0.1, 0.15) is 5.82 Å². The van der Waals surface area contributed by atoms with Crippen molar-refractivity contribution < 1.29 is 14.0 Å². The van der Waals surface area contributed by atoms with Crippen molar-refractivity contribution in [3.05, 3.63) is 94.0 Å². The molecule has 0 spiro atoms. The molecule has 3 N–H and O–H groups in total. The van der Waals surface area contributed by atoms with E-state index in [9.17, 15) is 14.0 Å². The fourth-order valence-corrected chi connectivity index (χ4v) is 2.48. The molecule has 2 amide bonds. The Balaban J connectivity index is 1.78. The summed E-state index contributed by atoms with van der Waals surface area (Å²) in [5.41, 5.74) is 7.42. The van der Waals surface area contributed by atoms with Gasteiger partial charge >= 0.3 is 0 Å². The predicted octanol–water partition coefficient (Wildman–Crippen LogP) is 3.63. The Morgan fingerprint density at radius 1 is 1.00 bits per heavy atom. The molecule has 7 heteroatoms. The van der Waals surface area contributed by atoms with Crippen LogP contribution in [-0.2, 0) is 0 Å². The maximum atomic E-state index is 13.2. The Hall–Kier alpha value is -3.69. The highest BCUT2D eigenvalue weighted by Crippen LogP contribution is 2.18. The van der Waals surface area contributed by atoms with Gasteiger partial charge < -0.3 is 11.1 Å². The molecule has 0 aliphatic carbocycles. The van der Waals surface area contributed by atoms with E-state index in [1.807, 2.05) is 0 Å². The average Bonchev–Trinajstić information content (AvgIpc) is 2.69. The minimum Gasteiger partial charge on any atom is -0.366 e. The summed E-state index contributed by atoms with van der Waals surface area (Å²) in [4.78, 5) is 27.4. The number of benzene rings is 2. The van der Waals surface area contributed by atoms with E-state index >= 15 is 0 Å². The summed E-state index contributed by atoms with van der Waals surface area (Å²) < 4.78 is 13.2. The van der Waals surface area contributed by atoms with Gasteiger partial charge in [0.15, 0.2) is 0 Å². The van der Waals surface area contributed by atoms with Gasteiger partial charge in [0, 0.05) is 34.8 Å². The molecule has 0 saturated heterocycles. The zero-order valence-electron chi connectivity index (χ0n) is 14.4. The van der Waals surface area contributed by atoms with E-state index in [1.54, 1.807) is 30.3 Å². The Bertz CT molecular complexity index is 1140. The van der Waals surface area contributed by atoms with Crippen LogP contribution in [0.3, 0.4) is 0 Å². The van der Waals surface area contributed by atoms with Crippen LogP contribution in [-0.4, -0.2) is 16.8 Å². The molecule has 5 nitrogen and oxygen atoms in total. The molecule has 0 radical (unpaired) electrons. The first kappa shape index (κ1) is 19.1. The van der Waals surface area contributed by atoms with Gasteiger partial charge in [-0.2, -0.15) is 0 Å². The van der Waals surface area contributed by atoms with Crippen molar-refractivity contribution >= 4 is 29.1 Å². The summed E-state index contributed by atoms with van der Waals surface area (Å²) in [6.45, 7) is 0. The molecular formula is C21H13ClFN3O2. The first-order chi connectivity index (χ1) is 13.4. The molecule has 0 saturated carbocycles. The predicted molar refractivity (Wildman–Crippen MR) is 105 cm³/mol. The first-order valence-corrected chi connectivity index (χ1v) is 8.43. The van der Waals surface area contributed by atoms with Gasteiger partial charge in [0.25, 0.3) is 5.91 Å². The number of anilines is 1. The molecule has 0 aliphatic rings. The van der Waals surface area contributed by atoms with E-state index in [-0.39, 0.29) is 16.1 Å². The van der Waals surface area contributed by atoms with Crippen molar-refractivity contribution in [3.63, 3.8) is 0 Å². The van der Waals surface area contributed by atoms with Gasteiger partial charge in [-0.25, -0.2) is 4.39 Å². The number of pyridine rings is 1. The van der Waals surface area contributed by atoms with Crippen LogP contribution in [0.15, 0.2) is 60.9 Å². The van der Waals surface area contributed by atoms with Crippen LogP contribution >= 0.6 is 11.6 Å². The lowest BCUT2D eigenvalue weighted by Crippen LogP contribution is -2.12. The number of rotatable bonds is 3. The van der Waals surface area contributed by atoms with Crippen LogP contribution in [0.2, 0.25) is 5.02 Å². The van der Waals surface area contributed by atoms with Gasteiger partial charge in [-0.1, -0.05) is 29.5 Å². The number of nitrogens with zero attached hydrogens (tertiary/aromatic N) is 1. The number of aromatic nitrogens is 1. The molecule has 28 heavy (non-hydrogen) atoms. The van der Waals surface area contributed by atoms with Crippen LogP contribution in [0.1, 0.15) is 31.8 Å². The summed E-state index contributed by atoms with van der Waals surface area (Å²) in [6, 6.07) is 12.2. The topological polar surface area (TPSA) is 85.1 Å². The normalized spacial score (nSPS) is 9.93. The van der Waals surface area contributed by atoms with Crippen molar-refractivity contribution in [2.45, 2.75) is 0 Å². The van der Waals surface area contributed by atoms with Crippen LogP contribution in [0, 0.1) is 17.7 Å². The Morgan fingerprint density at radius 3 is 2.54 bits per heavy atom. The highest BCUT2D eigenvalue weighted by molar-refractivity contribution is 6.31. The quantitative estimate of drug-likeness (QED) is 0.666. The van der Waals surface area contributed by atoms with Gasteiger partial charge in [0.2, 0.25) is 5.91 Å². The van der Waals surface area contributed by atoms with Crippen molar-refractivity contribution in [1.82, 2.24) is 4.98 Å². The van der Waals surface area contributed by atoms with Gasteiger partial charge in [-0.15, -0.1) is 0 Å². The standard InChI is InChI=1S/C21H13ClFN3O2/c22-18-10-15(6-7-19(18)23)21(28)26-17-3-1-2-13(9-17)4-5-14-8-16(20(24)27)12-25-11-14/h1-3,6-12H,(H2,24,27)(H,26,28). The number of nitrogens with two attached hydrogens (primary N) is 1. The molecule has 3 rings (SSSR count). The number of hydrogen-bond acceptors (Lipinski definition) is 3. The zero-order valence-corrected chi connectivity index (χ0v) is 15.1. The molecule has 0 fully saturated rings. The molecule has 1 heterocycles. The molecule has 0 aliphatic heterocycles. The fraction of sp³-hybridized carbons (Fsp3) is 0. The van der Waals surface area contributed by atoms with Crippen molar-refractivity contribution in [3.8, 4) is 11.8 Å².